The molecule has 6 heteroatoms. The summed E-state index contributed by atoms with van der Waals surface area (Å²) in [6.45, 7) is 3.08. The van der Waals surface area contributed by atoms with Gasteiger partial charge >= 0.3 is 0 Å². The van der Waals surface area contributed by atoms with E-state index in [4.69, 9.17) is 9.47 Å². The molecule has 3 aliphatic rings. The van der Waals surface area contributed by atoms with E-state index < -0.39 is 0 Å². The zero-order valence-electron chi connectivity index (χ0n) is 19.1. The van der Waals surface area contributed by atoms with E-state index in [2.05, 4.69) is 29.2 Å². The number of carbonyl (C=O) groups excluding carboxylic acids is 1. The summed E-state index contributed by atoms with van der Waals surface area (Å²) in [6.07, 6.45) is 1.97. The molecule has 0 radical (unpaired) electrons. The molecular weight excluding hydrogens is 444 g/mol. The van der Waals surface area contributed by atoms with Crippen LogP contribution >= 0.6 is 11.8 Å². The fraction of sp³-hybridized carbons (Fsp3) is 0.321. The van der Waals surface area contributed by atoms with Crippen molar-refractivity contribution >= 4 is 29.0 Å². The minimum atomic E-state index is -0.317. The highest BCUT2D eigenvalue weighted by Gasteiger charge is 2.51. The van der Waals surface area contributed by atoms with E-state index >= 15 is 0 Å². The first-order chi connectivity index (χ1) is 16.7. The molecule has 34 heavy (non-hydrogen) atoms. The van der Waals surface area contributed by atoms with Crippen molar-refractivity contribution in [2.75, 3.05) is 31.1 Å². The van der Waals surface area contributed by atoms with E-state index in [0.29, 0.717) is 19.7 Å². The second-order valence-corrected chi connectivity index (χ2v) is 10.3. The quantitative estimate of drug-likeness (QED) is 0.506. The van der Waals surface area contributed by atoms with Gasteiger partial charge in [-0.15, -0.1) is 0 Å². The van der Waals surface area contributed by atoms with Crippen LogP contribution < -0.4 is 4.90 Å². The lowest BCUT2D eigenvalue weighted by atomic mass is 9.96. The SMILES string of the molecule is O=C(CN1C[C@H](OCc2ccccc2)[C@]2(CCCO2)C1)N1c2ccccc2Sc2ccccc21. The topological polar surface area (TPSA) is 42.0 Å². The third kappa shape index (κ3) is 4.05. The van der Waals surface area contributed by atoms with Crippen LogP contribution in [0, 0.1) is 0 Å². The molecule has 6 rings (SSSR count). The zero-order chi connectivity index (χ0) is 23.0. The van der Waals surface area contributed by atoms with Crippen LogP contribution in [0.1, 0.15) is 18.4 Å². The normalized spacial score (nSPS) is 23.8. The Bertz CT molecular complexity index is 1130. The predicted octanol–water partition coefficient (Wildman–Crippen LogP) is 5.27. The van der Waals surface area contributed by atoms with Crippen LogP contribution in [0.5, 0.6) is 0 Å². The highest BCUT2D eigenvalue weighted by atomic mass is 32.2. The van der Waals surface area contributed by atoms with Crippen LogP contribution in [0.3, 0.4) is 0 Å². The number of amides is 1. The average molecular weight is 473 g/mol. The Labute approximate surface area is 204 Å². The Morgan fingerprint density at radius 1 is 0.971 bits per heavy atom. The highest BCUT2D eigenvalue weighted by molar-refractivity contribution is 7.99. The number of likely N-dealkylation sites (tertiary alicyclic amines) is 1. The van der Waals surface area contributed by atoms with Crippen molar-refractivity contribution in [3.63, 3.8) is 0 Å². The summed E-state index contributed by atoms with van der Waals surface area (Å²) in [6, 6.07) is 26.5. The van der Waals surface area contributed by atoms with Gasteiger partial charge in [0.1, 0.15) is 11.7 Å². The summed E-state index contributed by atoms with van der Waals surface area (Å²) in [4.78, 5) is 20.1. The molecular formula is C28H28N2O3S. The minimum absolute atomic E-state index is 0.0421. The molecule has 2 saturated heterocycles. The Morgan fingerprint density at radius 3 is 2.32 bits per heavy atom. The minimum Gasteiger partial charge on any atom is -0.371 e. The number of rotatable bonds is 5. The molecule has 0 N–H and O–H groups in total. The van der Waals surface area contributed by atoms with Crippen LogP contribution in [0.25, 0.3) is 0 Å². The van der Waals surface area contributed by atoms with Crippen molar-refractivity contribution in [2.24, 2.45) is 0 Å². The predicted molar refractivity (Wildman–Crippen MR) is 134 cm³/mol. The number of anilines is 2. The molecule has 3 aliphatic heterocycles. The van der Waals surface area contributed by atoms with Crippen molar-refractivity contribution in [3.05, 3.63) is 84.4 Å². The Morgan fingerprint density at radius 2 is 1.65 bits per heavy atom. The maximum atomic E-state index is 13.8. The number of nitrogens with zero attached hydrogens (tertiary/aromatic N) is 2. The van der Waals surface area contributed by atoms with Crippen LogP contribution in [0.2, 0.25) is 0 Å². The van der Waals surface area contributed by atoms with E-state index in [-0.39, 0.29) is 17.6 Å². The first kappa shape index (κ1) is 21.9. The van der Waals surface area contributed by atoms with Crippen molar-refractivity contribution in [1.29, 1.82) is 0 Å². The molecule has 3 heterocycles. The van der Waals surface area contributed by atoms with Gasteiger partial charge < -0.3 is 9.47 Å². The van der Waals surface area contributed by atoms with Gasteiger partial charge in [0.05, 0.1) is 24.5 Å². The number of benzene rings is 3. The van der Waals surface area contributed by atoms with Gasteiger partial charge in [0.2, 0.25) is 5.91 Å². The van der Waals surface area contributed by atoms with Crippen molar-refractivity contribution in [2.45, 2.75) is 40.9 Å². The van der Waals surface area contributed by atoms with Crippen LogP contribution in [-0.2, 0) is 20.9 Å². The third-order valence-electron chi connectivity index (χ3n) is 6.97. The Balaban J connectivity index is 1.21. The summed E-state index contributed by atoms with van der Waals surface area (Å²) >= 11 is 1.72. The molecule has 5 nitrogen and oxygen atoms in total. The molecule has 174 valence electrons. The summed E-state index contributed by atoms with van der Waals surface area (Å²) in [7, 11) is 0. The maximum absolute atomic E-state index is 13.8. The largest absolute Gasteiger partial charge is 0.371 e. The number of hydrogen-bond donors (Lipinski definition) is 0. The summed E-state index contributed by atoms with van der Waals surface area (Å²) in [5, 5.41) is 0. The van der Waals surface area contributed by atoms with Gasteiger partial charge in [-0.3, -0.25) is 14.6 Å². The molecule has 1 amide bonds. The highest BCUT2D eigenvalue weighted by Crippen LogP contribution is 2.48. The number of para-hydroxylation sites is 2. The molecule has 0 unspecified atom stereocenters. The lowest BCUT2D eigenvalue weighted by Gasteiger charge is -2.32. The van der Waals surface area contributed by atoms with Gasteiger partial charge in [0, 0.05) is 29.5 Å². The van der Waals surface area contributed by atoms with E-state index in [1.54, 1.807) is 11.8 Å². The van der Waals surface area contributed by atoms with Crippen LogP contribution in [0.15, 0.2) is 88.7 Å². The van der Waals surface area contributed by atoms with Gasteiger partial charge in [0.25, 0.3) is 0 Å². The van der Waals surface area contributed by atoms with Gasteiger partial charge in [-0.1, -0.05) is 66.4 Å². The first-order valence-electron chi connectivity index (χ1n) is 11.9. The standard InChI is InChI=1S/C28H28N2O3S/c31-27(30-22-11-4-6-13-24(22)34-25-14-7-5-12-23(25)30)18-29-17-26(28(20-29)15-8-16-33-28)32-19-21-9-2-1-3-10-21/h1-7,9-14,26H,8,15-20H2/t26-,28-/m0/s1. The van der Waals surface area contributed by atoms with Crippen LogP contribution in [-0.4, -0.2) is 48.8 Å². The van der Waals surface area contributed by atoms with Crippen molar-refractivity contribution < 1.29 is 14.3 Å². The number of fused-ring (bicyclic) bond motifs is 2. The fourth-order valence-corrected chi connectivity index (χ4v) is 6.43. The van der Waals surface area contributed by atoms with Gasteiger partial charge in [-0.05, 0) is 42.7 Å². The van der Waals surface area contributed by atoms with E-state index in [1.807, 2.05) is 59.5 Å². The maximum Gasteiger partial charge on any atom is 0.245 e. The Kier molecular flexibility index (Phi) is 5.91. The fourth-order valence-electron chi connectivity index (χ4n) is 5.37. The molecule has 3 aromatic rings. The summed E-state index contributed by atoms with van der Waals surface area (Å²) in [5.41, 5.74) is 2.75. The molecule has 3 aromatic carbocycles. The first-order valence-corrected chi connectivity index (χ1v) is 12.7. The number of hydrogen-bond acceptors (Lipinski definition) is 5. The Hall–Kier alpha value is -2.64. The number of ether oxygens (including phenoxy) is 2. The lowest BCUT2D eigenvalue weighted by Crippen LogP contribution is -2.43. The summed E-state index contributed by atoms with van der Waals surface area (Å²) in [5.74, 6) is 0.0806. The van der Waals surface area contributed by atoms with Gasteiger partial charge in [-0.2, -0.15) is 0 Å². The smallest absolute Gasteiger partial charge is 0.245 e. The molecule has 2 atom stereocenters. The molecule has 1 spiro atoms. The molecule has 0 aromatic heterocycles. The van der Waals surface area contributed by atoms with E-state index in [1.165, 1.54) is 0 Å². The van der Waals surface area contributed by atoms with Gasteiger partial charge in [0.15, 0.2) is 0 Å². The van der Waals surface area contributed by atoms with Crippen molar-refractivity contribution in [3.8, 4) is 0 Å². The third-order valence-corrected chi connectivity index (χ3v) is 8.10. The second-order valence-electron chi connectivity index (χ2n) is 9.24. The van der Waals surface area contributed by atoms with Gasteiger partial charge in [-0.25, -0.2) is 0 Å². The van der Waals surface area contributed by atoms with E-state index in [9.17, 15) is 4.79 Å². The molecule has 2 fully saturated rings. The number of carbonyl (C=O) groups is 1. The van der Waals surface area contributed by atoms with Crippen molar-refractivity contribution in [1.82, 2.24) is 4.90 Å². The zero-order valence-corrected chi connectivity index (χ0v) is 19.9. The summed E-state index contributed by atoms with van der Waals surface area (Å²) < 4.78 is 12.7. The van der Waals surface area contributed by atoms with E-state index in [0.717, 1.165) is 52.7 Å². The molecule has 0 bridgehead atoms. The monoisotopic (exact) mass is 472 g/mol. The average Bonchev–Trinajstić information content (AvgIpc) is 3.48. The van der Waals surface area contributed by atoms with Crippen LogP contribution in [0.4, 0.5) is 11.4 Å². The molecule has 0 saturated carbocycles. The lowest BCUT2D eigenvalue weighted by molar-refractivity contribution is -0.119. The second kappa shape index (κ2) is 9.19. The molecule has 0 aliphatic carbocycles.